The van der Waals surface area contributed by atoms with Crippen LogP contribution in [-0.4, -0.2) is 37.6 Å². The Morgan fingerprint density at radius 1 is 1.39 bits per heavy atom. The van der Waals surface area contributed by atoms with Crippen molar-refractivity contribution in [1.29, 1.82) is 5.26 Å². The zero-order valence-corrected chi connectivity index (χ0v) is 13.8. The maximum absolute atomic E-state index is 12.4. The van der Waals surface area contributed by atoms with Gasteiger partial charge >= 0.3 is 0 Å². The lowest BCUT2D eigenvalue weighted by molar-refractivity contribution is -0.135. The first-order valence-electron chi connectivity index (χ1n) is 8.09. The van der Waals surface area contributed by atoms with E-state index in [2.05, 4.69) is 13.0 Å². The van der Waals surface area contributed by atoms with Gasteiger partial charge in [-0.2, -0.15) is 5.26 Å². The first-order chi connectivity index (χ1) is 11.1. The fraction of sp³-hybridized carbons (Fsp3) is 0.556. The van der Waals surface area contributed by atoms with Crippen molar-refractivity contribution in [2.24, 2.45) is 11.8 Å². The number of ether oxygens (including phenoxy) is 2. The van der Waals surface area contributed by atoms with E-state index >= 15 is 0 Å². The van der Waals surface area contributed by atoms with Gasteiger partial charge in [0.1, 0.15) is 17.4 Å². The summed E-state index contributed by atoms with van der Waals surface area (Å²) >= 11 is 0. The topological polar surface area (TPSA) is 62.6 Å². The van der Waals surface area contributed by atoms with E-state index in [1.807, 2.05) is 23.1 Å². The molecule has 1 aliphatic heterocycles. The van der Waals surface area contributed by atoms with Gasteiger partial charge in [0, 0.05) is 25.6 Å². The molecule has 1 unspecified atom stereocenters. The molecule has 1 aliphatic rings. The maximum Gasteiger partial charge on any atom is 0.240 e. The highest BCUT2D eigenvalue weighted by molar-refractivity contribution is 5.81. The van der Waals surface area contributed by atoms with E-state index in [1.54, 1.807) is 13.2 Å². The number of methoxy groups -OCH3 is 1. The van der Waals surface area contributed by atoms with Crippen LogP contribution in [0, 0.1) is 23.2 Å². The van der Waals surface area contributed by atoms with Crippen LogP contribution in [0.25, 0.3) is 0 Å². The highest BCUT2D eigenvalue weighted by Gasteiger charge is 2.27. The lowest BCUT2D eigenvalue weighted by Gasteiger charge is -2.31. The molecular formula is C18H24N2O3. The second-order valence-corrected chi connectivity index (χ2v) is 6.01. The molecule has 5 nitrogen and oxygen atoms in total. The standard InChI is InChI=1S/C18H24N2O3/c1-14-6-9-20(10-7-14)18(21)15(13-19)8-11-23-17-5-3-4-16(12-17)22-2/h3-5,12,14-15H,6-11H2,1-2H3. The van der Waals surface area contributed by atoms with E-state index in [0.717, 1.165) is 31.7 Å². The van der Waals surface area contributed by atoms with Gasteiger partial charge in [0.2, 0.25) is 5.91 Å². The maximum atomic E-state index is 12.4. The van der Waals surface area contributed by atoms with E-state index in [-0.39, 0.29) is 5.91 Å². The second kappa shape index (κ2) is 8.42. The van der Waals surface area contributed by atoms with E-state index in [0.29, 0.717) is 24.7 Å². The van der Waals surface area contributed by atoms with Gasteiger partial charge in [0.15, 0.2) is 0 Å². The van der Waals surface area contributed by atoms with Crippen molar-refractivity contribution < 1.29 is 14.3 Å². The highest BCUT2D eigenvalue weighted by atomic mass is 16.5. The lowest BCUT2D eigenvalue weighted by atomic mass is 9.97. The number of nitriles is 1. The van der Waals surface area contributed by atoms with Gasteiger partial charge in [-0.15, -0.1) is 0 Å². The van der Waals surface area contributed by atoms with Crippen LogP contribution in [0.2, 0.25) is 0 Å². The average Bonchev–Trinajstić information content (AvgIpc) is 2.59. The third kappa shape index (κ3) is 4.88. The molecule has 0 saturated carbocycles. The van der Waals surface area contributed by atoms with Crippen molar-refractivity contribution in [2.45, 2.75) is 26.2 Å². The summed E-state index contributed by atoms with van der Waals surface area (Å²) in [6.07, 6.45) is 2.44. The van der Waals surface area contributed by atoms with Gasteiger partial charge in [-0.05, 0) is 30.9 Å². The van der Waals surface area contributed by atoms with Crippen LogP contribution in [0.5, 0.6) is 11.5 Å². The smallest absolute Gasteiger partial charge is 0.240 e. The van der Waals surface area contributed by atoms with Crippen LogP contribution in [0.3, 0.4) is 0 Å². The van der Waals surface area contributed by atoms with E-state index in [1.165, 1.54) is 0 Å². The molecule has 5 heteroatoms. The molecule has 1 fully saturated rings. The molecule has 1 heterocycles. The van der Waals surface area contributed by atoms with Crippen molar-refractivity contribution in [3.05, 3.63) is 24.3 Å². The number of hydrogen-bond acceptors (Lipinski definition) is 4. The van der Waals surface area contributed by atoms with Crippen LogP contribution < -0.4 is 9.47 Å². The molecular weight excluding hydrogens is 292 g/mol. The average molecular weight is 316 g/mol. The minimum Gasteiger partial charge on any atom is -0.497 e. The van der Waals surface area contributed by atoms with Gasteiger partial charge in [-0.25, -0.2) is 0 Å². The number of carbonyl (C=O) groups excluding carboxylic acids is 1. The fourth-order valence-corrected chi connectivity index (χ4v) is 2.68. The van der Waals surface area contributed by atoms with Crippen molar-refractivity contribution in [3.8, 4) is 17.6 Å². The number of amides is 1. The Balaban J connectivity index is 1.82. The molecule has 1 aromatic carbocycles. The van der Waals surface area contributed by atoms with Crippen molar-refractivity contribution in [1.82, 2.24) is 4.90 Å². The lowest BCUT2D eigenvalue weighted by Crippen LogP contribution is -2.41. The number of benzene rings is 1. The zero-order chi connectivity index (χ0) is 16.7. The summed E-state index contributed by atoms with van der Waals surface area (Å²) in [4.78, 5) is 14.2. The Bertz CT molecular complexity index is 560. The van der Waals surface area contributed by atoms with E-state index in [4.69, 9.17) is 9.47 Å². The van der Waals surface area contributed by atoms with Gasteiger partial charge in [-0.3, -0.25) is 4.79 Å². The summed E-state index contributed by atoms with van der Waals surface area (Å²) in [5, 5.41) is 9.29. The first-order valence-corrected chi connectivity index (χ1v) is 8.09. The predicted octanol–water partition coefficient (Wildman–Crippen LogP) is 2.86. The predicted molar refractivity (Wildman–Crippen MR) is 87.2 cm³/mol. The molecule has 0 aromatic heterocycles. The number of nitrogens with zero attached hydrogens (tertiary/aromatic N) is 2. The molecule has 2 rings (SSSR count). The Kier molecular flexibility index (Phi) is 6.28. The van der Waals surface area contributed by atoms with Gasteiger partial charge < -0.3 is 14.4 Å². The summed E-state index contributed by atoms with van der Waals surface area (Å²) < 4.78 is 10.8. The van der Waals surface area contributed by atoms with Gasteiger partial charge in [-0.1, -0.05) is 13.0 Å². The van der Waals surface area contributed by atoms with Crippen molar-refractivity contribution in [3.63, 3.8) is 0 Å². The first kappa shape index (κ1) is 17.1. The number of rotatable bonds is 6. The molecule has 0 spiro atoms. The van der Waals surface area contributed by atoms with E-state index < -0.39 is 5.92 Å². The van der Waals surface area contributed by atoms with Crippen LogP contribution >= 0.6 is 0 Å². The van der Waals surface area contributed by atoms with Crippen molar-refractivity contribution >= 4 is 5.91 Å². The van der Waals surface area contributed by atoms with Crippen LogP contribution in [0.4, 0.5) is 0 Å². The Hall–Kier alpha value is -2.22. The van der Waals surface area contributed by atoms with Crippen LogP contribution in [-0.2, 0) is 4.79 Å². The molecule has 23 heavy (non-hydrogen) atoms. The van der Waals surface area contributed by atoms with Crippen LogP contribution in [0.1, 0.15) is 26.2 Å². The molecule has 0 bridgehead atoms. The molecule has 1 atom stereocenters. The molecule has 0 aliphatic carbocycles. The summed E-state index contributed by atoms with van der Waals surface area (Å²) in [6.45, 7) is 4.05. The highest BCUT2D eigenvalue weighted by Crippen LogP contribution is 2.21. The molecule has 1 saturated heterocycles. The molecule has 0 N–H and O–H groups in total. The van der Waals surface area contributed by atoms with Crippen molar-refractivity contribution in [2.75, 3.05) is 26.8 Å². The SMILES string of the molecule is COc1cccc(OCCC(C#N)C(=O)N2CCC(C)CC2)c1. The quantitative estimate of drug-likeness (QED) is 0.809. The minimum absolute atomic E-state index is 0.0614. The molecule has 124 valence electrons. The molecule has 0 radical (unpaired) electrons. The summed E-state index contributed by atoms with van der Waals surface area (Å²) in [5.41, 5.74) is 0. The monoisotopic (exact) mass is 316 g/mol. The van der Waals surface area contributed by atoms with E-state index in [9.17, 15) is 10.1 Å². The third-order valence-electron chi connectivity index (χ3n) is 4.27. The Morgan fingerprint density at radius 3 is 2.74 bits per heavy atom. The summed E-state index contributed by atoms with van der Waals surface area (Å²) in [5.74, 6) is 1.37. The van der Waals surface area contributed by atoms with Crippen LogP contribution in [0.15, 0.2) is 24.3 Å². The molecule has 1 amide bonds. The largest absolute Gasteiger partial charge is 0.497 e. The third-order valence-corrected chi connectivity index (χ3v) is 4.27. The summed E-state index contributed by atoms with van der Waals surface area (Å²) in [7, 11) is 1.60. The van der Waals surface area contributed by atoms with Gasteiger partial charge in [0.05, 0.1) is 19.8 Å². The number of carbonyl (C=O) groups is 1. The number of likely N-dealkylation sites (tertiary alicyclic amines) is 1. The fourth-order valence-electron chi connectivity index (χ4n) is 2.68. The Labute approximate surface area is 137 Å². The normalized spacial score (nSPS) is 16.5. The van der Waals surface area contributed by atoms with Gasteiger partial charge in [0.25, 0.3) is 0 Å². The molecule has 1 aromatic rings. The summed E-state index contributed by atoms with van der Waals surface area (Å²) in [6, 6.07) is 9.42. The number of piperidine rings is 1. The zero-order valence-electron chi connectivity index (χ0n) is 13.8. The minimum atomic E-state index is -0.631. The number of hydrogen-bond donors (Lipinski definition) is 0. The second-order valence-electron chi connectivity index (χ2n) is 6.01. The Morgan fingerprint density at radius 2 is 2.09 bits per heavy atom.